The third kappa shape index (κ3) is 9.78. The van der Waals surface area contributed by atoms with Crippen LogP contribution in [0.4, 0.5) is 11.9 Å². The van der Waals surface area contributed by atoms with Crippen molar-refractivity contribution >= 4 is 61.2 Å². The predicted octanol–water partition coefficient (Wildman–Crippen LogP) is 0.112. The van der Waals surface area contributed by atoms with Gasteiger partial charge in [0.25, 0.3) is 11.1 Å². The van der Waals surface area contributed by atoms with E-state index in [1.807, 2.05) is 13.8 Å². The number of nitrogens with two attached hydrogens (primary N) is 2. The number of H-pyrrole nitrogens is 2. The number of rotatable bonds is 11. The van der Waals surface area contributed by atoms with Gasteiger partial charge in [-0.2, -0.15) is 9.97 Å². The number of thioether (sulfide) groups is 1. The Kier molecular flexibility index (Phi) is 10.5. The van der Waals surface area contributed by atoms with Crippen molar-refractivity contribution in [3.05, 3.63) is 33.4 Å². The fourth-order valence-corrected chi connectivity index (χ4v) is 6.44. The van der Waals surface area contributed by atoms with Gasteiger partial charge >= 0.3 is 15.2 Å². The Balaban J connectivity index is 0.000000226. The van der Waals surface area contributed by atoms with E-state index in [1.165, 1.54) is 24.4 Å². The van der Waals surface area contributed by atoms with Crippen molar-refractivity contribution < 1.29 is 28.7 Å². The van der Waals surface area contributed by atoms with E-state index in [0.29, 0.717) is 36.6 Å². The van der Waals surface area contributed by atoms with Gasteiger partial charge in [-0.3, -0.25) is 28.7 Å². The van der Waals surface area contributed by atoms with E-state index in [1.54, 1.807) is 9.13 Å². The van der Waals surface area contributed by atoms with E-state index in [9.17, 15) is 18.7 Å². The summed E-state index contributed by atoms with van der Waals surface area (Å²) in [6.07, 6.45) is 3.18. The first-order chi connectivity index (χ1) is 19.0. The van der Waals surface area contributed by atoms with Crippen LogP contribution in [0.2, 0.25) is 0 Å². The van der Waals surface area contributed by atoms with E-state index in [4.69, 9.17) is 31.0 Å². The monoisotopic (exact) mass is 634 g/mol. The Hall–Kier alpha value is -3.05. The molecule has 0 aliphatic heterocycles. The largest absolute Gasteiger partial charge is 0.369 e. The van der Waals surface area contributed by atoms with Gasteiger partial charge in [-0.25, -0.2) is 9.97 Å². The number of nitrogens with one attached hydrogen (secondary N) is 2. The zero-order valence-electron chi connectivity index (χ0n) is 22.1. The molecule has 4 rings (SSSR count). The van der Waals surface area contributed by atoms with Crippen molar-refractivity contribution in [2.24, 2.45) is 11.8 Å². The van der Waals surface area contributed by atoms with Gasteiger partial charge < -0.3 is 40.2 Å². The lowest BCUT2D eigenvalue weighted by Crippen LogP contribution is -2.14. The molecule has 2 atom stereocenters. The lowest BCUT2D eigenvalue weighted by Gasteiger charge is -2.13. The second-order valence-electron chi connectivity index (χ2n) is 9.59. The van der Waals surface area contributed by atoms with Crippen molar-refractivity contribution in [1.82, 2.24) is 39.0 Å². The lowest BCUT2D eigenvalue weighted by molar-refractivity contribution is 0.362. The molecule has 0 fully saturated rings. The standard InChI is InChI=1S/C10H16N5O4PS.C10H16N5O4P/c1-6(3-21-5-20(17,18)19)2-15-4-12-7-8(15)13-10(11)14-9(7)16;1-6(2-3-20(17,18)19)4-15-5-12-7-8(15)13-10(11)14-9(7)16/h4,6H,2-3,5H2,1H3,(H2,17,18,19)(H3,11,13,14,16);5-6H,2-4H2,1H3,(H2,17,18,19)(H3,11,13,14,16)/t2*6-/m10/s1. The van der Waals surface area contributed by atoms with Crippen LogP contribution in [0, 0.1) is 11.8 Å². The van der Waals surface area contributed by atoms with Crippen LogP contribution in [-0.2, 0) is 22.2 Å². The molecule has 0 aliphatic carbocycles. The number of fused-ring (bicyclic) bond motifs is 2. The van der Waals surface area contributed by atoms with Crippen LogP contribution in [0.15, 0.2) is 22.2 Å². The summed E-state index contributed by atoms with van der Waals surface area (Å²) in [5.74, 6) is 0.734. The van der Waals surface area contributed by atoms with Gasteiger partial charge in [0, 0.05) is 13.1 Å². The molecule has 0 bridgehead atoms. The second-order valence-corrected chi connectivity index (χ2v) is 14.5. The van der Waals surface area contributed by atoms with Crippen LogP contribution in [-0.4, -0.2) is 76.0 Å². The minimum Gasteiger partial charge on any atom is -0.369 e. The highest BCUT2D eigenvalue weighted by molar-refractivity contribution is 8.04. The summed E-state index contributed by atoms with van der Waals surface area (Å²) in [5.41, 5.74) is 11.2. The highest BCUT2D eigenvalue weighted by Crippen LogP contribution is 2.39. The van der Waals surface area contributed by atoms with Gasteiger partial charge in [0.15, 0.2) is 22.3 Å². The maximum absolute atomic E-state index is 11.6. The molecule has 0 amide bonds. The fourth-order valence-electron chi connectivity index (χ4n) is 3.79. The molecule has 0 unspecified atom stereocenters. The predicted molar refractivity (Wildman–Crippen MR) is 154 cm³/mol. The molecule has 4 aromatic rings. The van der Waals surface area contributed by atoms with Crippen LogP contribution < -0.4 is 22.6 Å². The highest BCUT2D eigenvalue weighted by atomic mass is 32.2. The normalized spacial score (nSPS) is 13.7. The average molecular weight is 635 g/mol. The zero-order valence-corrected chi connectivity index (χ0v) is 24.7. The molecule has 0 radical (unpaired) electrons. The van der Waals surface area contributed by atoms with Crippen molar-refractivity contribution in [2.45, 2.75) is 33.4 Å². The summed E-state index contributed by atoms with van der Waals surface area (Å²) in [6.45, 7) is 4.78. The summed E-state index contributed by atoms with van der Waals surface area (Å²) in [6, 6.07) is 0. The van der Waals surface area contributed by atoms with E-state index in [-0.39, 0.29) is 52.0 Å². The number of imidazole rings is 2. The number of aromatic amines is 2. The second kappa shape index (κ2) is 13.3. The summed E-state index contributed by atoms with van der Waals surface area (Å²) >= 11 is 1.19. The van der Waals surface area contributed by atoms with Crippen LogP contribution in [0.3, 0.4) is 0 Å². The summed E-state index contributed by atoms with van der Waals surface area (Å²) in [4.78, 5) is 79.3. The Morgan fingerprint density at radius 2 is 1.32 bits per heavy atom. The maximum atomic E-state index is 11.6. The van der Waals surface area contributed by atoms with Gasteiger partial charge in [-0.1, -0.05) is 13.8 Å². The van der Waals surface area contributed by atoms with Crippen molar-refractivity contribution in [1.29, 1.82) is 0 Å². The molecule has 226 valence electrons. The molecule has 10 N–H and O–H groups in total. The Bertz CT molecular complexity index is 1710. The van der Waals surface area contributed by atoms with Crippen LogP contribution in [0.1, 0.15) is 20.3 Å². The molecule has 0 aromatic carbocycles. The van der Waals surface area contributed by atoms with Gasteiger partial charge in [-0.15, -0.1) is 11.8 Å². The topological polar surface area (TPSA) is 294 Å². The molecule has 4 aromatic heterocycles. The van der Waals surface area contributed by atoms with Gasteiger partial charge in [-0.05, 0) is 24.0 Å². The first kappa shape index (κ1) is 32.5. The van der Waals surface area contributed by atoms with Crippen molar-refractivity contribution in [2.75, 3.05) is 28.9 Å². The smallest absolute Gasteiger partial charge is 0.335 e. The quantitative estimate of drug-likeness (QED) is 0.102. The summed E-state index contributed by atoms with van der Waals surface area (Å²) < 4.78 is 25.0. The summed E-state index contributed by atoms with van der Waals surface area (Å²) in [5, 5.41) is 0. The average Bonchev–Trinajstić information content (AvgIpc) is 3.41. The minimum atomic E-state index is -3.99. The number of anilines is 2. The van der Waals surface area contributed by atoms with Crippen molar-refractivity contribution in [3.8, 4) is 0 Å². The SMILES string of the molecule is C[C@@H](CCP(=O)(O)O)Cn1cnc2c(=O)[nH]c(N)nc21.C[C@@H](CSCP(=O)(O)O)Cn1cnc2c(=O)[nH]c(N)nc21. The number of nitrogen functional groups attached to an aromatic ring is 2. The Morgan fingerprint density at radius 1 is 0.854 bits per heavy atom. The highest BCUT2D eigenvalue weighted by Gasteiger charge is 2.18. The van der Waals surface area contributed by atoms with Crippen LogP contribution >= 0.6 is 27.0 Å². The van der Waals surface area contributed by atoms with E-state index in [0.717, 1.165) is 0 Å². The van der Waals surface area contributed by atoms with E-state index < -0.39 is 20.8 Å². The minimum absolute atomic E-state index is 0.00216. The third-order valence-corrected chi connectivity index (χ3v) is 9.30. The van der Waals surface area contributed by atoms with Crippen LogP contribution in [0.25, 0.3) is 22.3 Å². The zero-order chi connectivity index (χ0) is 30.5. The molecule has 0 aliphatic rings. The summed E-state index contributed by atoms with van der Waals surface area (Å²) in [7, 11) is -7.96. The molecule has 0 saturated heterocycles. The van der Waals surface area contributed by atoms with Gasteiger partial charge in [0.2, 0.25) is 11.9 Å². The molecular weight excluding hydrogens is 602 g/mol. The third-order valence-electron chi connectivity index (χ3n) is 5.58. The van der Waals surface area contributed by atoms with Crippen LogP contribution in [0.5, 0.6) is 0 Å². The van der Waals surface area contributed by atoms with E-state index >= 15 is 0 Å². The van der Waals surface area contributed by atoms with Gasteiger partial charge in [0.1, 0.15) is 0 Å². The van der Waals surface area contributed by atoms with E-state index in [2.05, 4.69) is 29.9 Å². The Labute approximate surface area is 236 Å². The Morgan fingerprint density at radius 3 is 1.76 bits per heavy atom. The molecule has 41 heavy (non-hydrogen) atoms. The molecule has 21 heteroatoms. The first-order valence-electron chi connectivity index (χ1n) is 12.1. The number of hydrogen-bond acceptors (Lipinski definition) is 11. The number of nitrogens with zero attached hydrogens (tertiary/aromatic N) is 6. The lowest BCUT2D eigenvalue weighted by atomic mass is 10.1. The first-order valence-corrected chi connectivity index (χ1v) is 16.9. The number of aromatic nitrogens is 8. The van der Waals surface area contributed by atoms with Crippen molar-refractivity contribution in [3.63, 3.8) is 0 Å². The maximum Gasteiger partial charge on any atom is 0.335 e. The molecule has 18 nitrogen and oxygen atoms in total. The molecular formula is C20H32N10O8P2S. The fraction of sp³-hybridized carbons (Fsp3) is 0.500. The van der Waals surface area contributed by atoms with Gasteiger partial charge in [0.05, 0.1) is 24.3 Å². The number of hydrogen-bond donors (Lipinski definition) is 8. The molecule has 0 saturated carbocycles. The molecule has 4 heterocycles. The molecule has 0 spiro atoms.